The van der Waals surface area contributed by atoms with E-state index >= 15 is 0 Å². The third-order valence-corrected chi connectivity index (χ3v) is 10.8. The number of hydrogen-bond donors (Lipinski definition) is 3. The maximum Gasteiger partial charge on any atom is 0.308 e. The summed E-state index contributed by atoms with van der Waals surface area (Å²) in [5.41, 5.74) is 4.49. The Bertz CT molecular complexity index is 2040. The van der Waals surface area contributed by atoms with Crippen molar-refractivity contribution in [1.82, 2.24) is 14.4 Å². The molecule has 0 saturated carbocycles. The first-order valence-electron chi connectivity index (χ1n) is 16.0. The second-order valence-electron chi connectivity index (χ2n) is 13.1. The fourth-order valence-corrected chi connectivity index (χ4v) is 8.90. The number of carbonyl (C=O) groups is 1. The smallest absolute Gasteiger partial charge is 0.308 e. The molecule has 5 atom stereocenters. The van der Waals surface area contributed by atoms with Gasteiger partial charge in [0.2, 0.25) is 18.6 Å². The van der Waals surface area contributed by atoms with Crippen LogP contribution in [0.1, 0.15) is 52.4 Å². The second kappa shape index (κ2) is 10.7. The second-order valence-corrected chi connectivity index (χ2v) is 13.1. The van der Waals surface area contributed by atoms with Crippen molar-refractivity contribution in [3.63, 3.8) is 0 Å². The van der Waals surface area contributed by atoms with Crippen LogP contribution in [0.4, 0.5) is 0 Å². The van der Waals surface area contributed by atoms with Gasteiger partial charge in [0.25, 0.3) is 0 Å². The number of likely N-dealkylation sites (N-methyl/N-ethyl adjacent to an activating group) is 1. The van der Waals surface area contributed by atoms with Crippen molar-refractivity contribution in [3.05, 3.63) is 63.7 Å². The van der Waals surface area contributed by atoms with E-state index in [4.69, 9.17) is 18.9 Å². The van der Waals surface area contributed by atoms with E-state index in [0.717, 1.165) is 16.7 Å². The van der Waals surface area contributed by atoms with Gasteiger partial charge < -0.3 is 34.3 Å². The van der Waals surface area contributed by atoms with Crippen LogP contribution in [0.25, 0.3) is 10.8 Å². The van der Waals surface area contributed by atoms with Crippen molar-refractivity contribution < 1.29 is 39.1 Å². The van der Waals surface area contributed by atoms with Crippen LogP contribution in [0.2, 0.25) is 0 Å². The summed E-state index contributed by atoms with van der Waals surface area (Å²) in [4.78, 5) is 16.9. The van der Waals surface area contributed by atoms with Crippen molar-refractivity contribution >= 4 is 16.7 Å². The van der Waals surface area contributed by atoms with Crippen LogP contribution >= 0.6 is 0 Å². The number of fused-ring (bicyclic) bond motifs is 10. The molecule has 8 rings (SSSR count). The molecule has 12 nitrogen and oxygen atoms in total. The SMILES string of the molecule is COc1c(C)cc2c(c1O)[C@@H]1C3Cc4c(OC(C)=O)c(C)c5c(c4[C@H](Cn4c(O)c6ccccc6c4O)N3C(C#N)C(C2)N1C)OCO5. The first-order valence-corrected chi connectivity index (χ1v) is 16.0. The minimum Gasteiger partial charge on any atom is -0.504 e. The zero-order chi connectivity index (χ0) is 33.8. The number of esters is 1. The average Bonchev–Trinajstić information content (AvgIpc) is 3.64. The fourth-order valence-electron chi connectivity index (χ4n) is 8.90. The molecule has 2 bridgehead atoms. The van der Waals surface area contributed by atoms with Crippen LogP contribution in [0.5, 0.6) is 40.5 Å². The van der Waals surface area contributed by atoms with Crippen LogP contribution in [0.15, 0.2) is 30.3 Å². The lowest BCUT2D eigenvalue weighted by Gasteiger charge is -2.60. The molecule has 0 aliphatic carbocycles. The van der Waals surface area contributed by atoms with E-state index in [0.29, 0.717) is 63.3 Å². The van der Waals surface area contributed by atoms with E-state index < -0.39 is 30.1 Å². The third kappa shape index (κ3) is 3.98. The van der Waals surface area contributed by atoms with Gasteiger partial charge in [-0.05, 0) is 57.0 Å². The predicted octanol–water partition coefficient (Wildman–Crippen LogP) is 4.51. The highest BCUT2D eigenvalue weighted by Gasteiger charge is 2.57. The molecule has 4 aromatic rings. The maximum atomic E-state index is 12.6. The van der Waals surface area contributed by atoms with Gasteiger partial charge in [-0.3, -0.25) is 19.2 Å². The highest BCUT2D eigenvalue weighted by atomic mass is 16.7. The summed E-state index contributed by atoms with van der Waals surface area (Å²) >= 11 is 0. The standard InChI is InChI=1S/C36H36N4O8/c1-16-10-19-11-23-25(13-37)40-24(29(38(23)4)27(19)30(42)31(16)45-5)12-22-28(34-33(46-15-47-34)17(2)32(22)48-18(3)41)26(40)14-39-35(43)20-8-6-7-9-21(20)36(39)44/h6-10,23-26,29,42-44H,11-12,14-15H2,1-5H3/t23?,24?,25?,26-,29-/m0/s1. The Hall–Kier alpha value is -5.12. The number of nitriles is 1. The van der Waals surface area contributed by atoms with E-state index in [1.165, 1.54) is 18.6 Å². The maximum absolute atomic E-state index is 12.6. The molecule has 48 heavy (non-hydrogen) atoms. The largest absolute Gasteiger partial charge is 0.504 e. The van der Waals surface area contributed by atoms with Gasteiger partial charge in [0.1, 0.15) is 11.8 Å². The number of ether oxygens (including phenoxy) is 4. The molecule has 3 N–H and O–H groups in total. The third-order valence-electron chi connectivity index (χ3n) is 10.8. The number of piperazine rings is 1. The molecule has 1 saturated heterocycles. The van der Waals surface area contributed by atoms with E-state index in [1.54, 1.807) is 24.3 Å². The Balaban J connectivity index is 1.42. The summed E-state index contributed by atoms with van der Waals surface area (Å²) in [6.45, 7) is 5.05. The summed E-state index contributed by atoms with van der Waals surface area (Å²) in [6.07, 6.45) is 0.850. The molecule has 0 amide bonds. The van der Waals surface area contributed by atoms with Gasteiger partial charge >= 0.3 is 5.97 Å². The number of aryl methyl sites for hydroxylation is 1. The lowest BCUT2D eigenvalue weighted by Crippen LogP contribution is -2.68. The number of carbonyl (C=O) groups excluding carboxylic acids is 1. The number of phenolic OH excluding ortho intramolecular Hbond substituents is 1. The van der Waals surface area contributed by atoms with Gasteiger partial charge in [0, 0.05) is 58.6 Å². The molecule has 3 aromatic carbocycles. The highest BCUT2D eigenvalue weighted by Crippen LogP contribution is 2.59. The van der Waals surface area contributed by atoms with Gasteiger partial charge in [-0.25, -0.2) is 0 Å². The summed E-state index contributed by atoms with van der Waals surface area (Å²) in [6, 6.07) is 9.32. The molecular formula is C36H36N4O8. The van der Waals surface area contributed by atoms with E-state index in [2.05, 4.69) is 15.9 Å². The van der Waals surface area contributed by atoms with Crippen LogP contribution in [0, 0.1) is 25.2 Å². The minimum atomic E-state index is -0.665. The first-order chi connectivity index (χ1) is 23.1. The number of hydrogen-bond acceptors (Lipinski definition) is 11. The molecule has 248 valence electrons. The molecule has 4 aliphatic rings. The highest BCUT2D eigenvalue weighted by molar-refractivity contribution is 5.92. The van der Waals surface area contributed by atoms with Crippen molar-refractivity contribution in [2.45, 2.75) is 70.4 Å². The summed E-state index contributed by atoms with van der Waals surface area (Å²) in [5, 5.41) is 46.6. The van der Waals surface area contributed by atoms with Crippen LogP contribution < -0.4 is 18.9 Å². The molecule has 4 aliphatic heterocycles. The fraction of sp³-hybridized carbons (Fsp3) is 0.389. The molecular weight excluding hydrogens is 616 g/mol. The number of aromatic nitrogens is 1. The Morgan fingerprint density at radius 2 is 1.71 bits per heavy atom. The lowest BCUT2D eigenvalue weighted by atomic mass is 9.71. The summed E-state index contributed by atoms with van der Waals surface area (Å²) in [7, 11) is 3.51. The molecule has 0 spiro atoms. The monoisotopic (exact) mass is 652 g/mol. The van der Waals surface area contributed by atoms with Gasteiger partial charge in [-0.15, -0.1) is 0 Å². The number of benzene rings is 3. The van der Waals surface area contributed by atoms with E-state index in [1.807, 2.05) is 27.0 Å². The Labute approximate surface area is 276 Å². The topological polar surface area (TPSA) is 150 Å². The molecule has 12 heteroatoms. The van der Waals surface area contributed by atoms with E-state index in [9.17, 15) is 25.4 Å². The van der Waals surface area contributed by atoms with Crippen molar-refractivity contribution in [2.24, 2.45) is 0 Å². The lowest BCUT2D eigenvalue weighted by molar-refractivity contribution is -0.132. The van der Waals surface area contributed by atoms with Crippen molar-refractivity contribution in [3.8, 4) is 46.6 Å². The Morgan fingerprint density at radius 3 is 2.35 bits per heavy atom. The number of phenols is 1. The molecule has 5 heterocycles. The molecule has 1 fully saturated rings. The van der Waals surface area contributed by atoms with Crippen molar-refractivity contribution in [2.75, 3.05) is 21.0 Å². The normalized spacial score (nSPS) is 24.0. The van der Waals surface area contributed by atoms with Gasteiger partial charge in [0.15, 0.2) is 23.0 Å². The number of methoxy groups -OCH3 is 1. The Morgan fingerprint density at radius 1 is 1.02 bits per heavy atom. The molecule has 1 aromatic heterocycles. The van der Waals surface area contributed by atoms with Crippen LogP contribution in [-0.2, 0) is 24.2 Å². The first kappa shape index (κ1) is 30.2. The molecule has 0 radical (unpaired) electrons. The van der Waals surface area contributed by atoms with Gasteiger partial charge in [-0.2, -0.15) is 5.26 Å². The summed E-state index contributed by atoms with van der Waals surface area (Å²) in [5.74, 6) is 1.03. The molecule has 3 unspecified atom stereocenters. The number of aromatic hydroxyl groups is 3. The minimum absolute atomic E-state index is 0.0333. The van der Waals surface area contributed by atoms with Crippen LogP contribution in [-0.4, -0.2) is 74.7 Å². The number of nitrogens with zero attached hydrogens (tertiary/aromatic N) is 4. The predicted molar refractivity (Wildman–Crippen MR) is 173 cm³/mol. The van der Waals surface area contributed by atoms with Gasteiger partial charge in [0.05, 0.1) is 25.3 Å². The number of rotatable bonds is 4. The van der Waals surface area contributed by atoms with Gasteiger partial charge in [-0.1, -0.05) is 18.2 Å². The Kier molecular flexibility index (Phi) is 6.74. The average molecular weight is 653 g/mol. The zero-order valence-electron chi connectivity index (χ0n) is 27.3. The van der Waals surface area contributed by atoms with Crippen molar-refractivity contribution in [1.29, 1.82) is 5.26 Å². The van der Waals surface area contributed by atoms with Crippen LogP contribution in [0.3, 0.4) is 0 Å². The quantitative estimate of drug-likeness (QED) is 0.211. The zero-order valence-corrected chi connectivity index (χ0v) is 27.3. The summed E-state index contributed by atoms with van der Waals surface area (Å²) < 4.78 is 25.1. The van der Waals surface area contributed by atoms with E-state index in [-0.39, 0.29) is 36.9 Å².